The summed E-state index contributed by atoms with van der Waals surface area (Å²) in [4.78, 5) is 0. The van der Waals surface area contributed by atoms with E-state index in [0.29, 0.717) is 17.1 Å². The highest BCUT2D eigenvalue weighted by molar-refractivity contribution is 5.58. The highest BCUT2D eigenvalue weighted by Crippen LogP contribution is 2.26. The van der Waals surface area contributed by atoms with Crippen LogP contribution in [0.25, 0.3) is 11.3 Å². The quantitative estimate of drug-likeness (QED) is 0.840. The van der Waals surface area contributed by atoms with Crippen molar-refractivity contribution in [3.05, 3.63) is 47.5 Å². The Bertz CT molecular complexity index is 500. The first-order valence-corrected chi connectivity index (χ1v) is 5.12. The molecule has 16 heavy (non-hydrogen) atoms. The number of aliphatic hydroxyl groups excluding tert-OH is 1. The first-order valence-electron chi connectivity index (χ1n) is 5.12. The molecule has 0 radical (unpaired) electrons. The average Bonchev–Trinajstić information content (AvgIpc) is 2.71. The van der Waals surface area contributed by atoms with Crippen molar-refractivity contribution in [2.75, 3.05) is 0 Å². The summed E-state index contributed by atoms with van der Waals surface area (Å²) in [6.07, 6.45) is -0.629. The van der Waals surface area contributed by atoms with Gasteiger partial charge in [-0.15, -0.1) is 0 Å². The van der Waals surface area contributed by atoms with Crippen LogP contribution in [0.5, 0.6) is 0 Å². The van der Waals surface area contributed by atoms with Crippen molar-refractivity contribution >= 4 is 0 Å². The fraction of sp³-hybridized carbons (Fsp3) is 0.231. The number of rotatable bonds is 2. The third-order valence-corrected chi connectivity index (χ3v) is 2.48. The fourth-order valence-corrected chi connectivity index (χ4v) is 1.53. The van der Waals surface area contributed by atoms with Crippen LogP contribution in [-0.4, -0.2) is 5.11 Å². The Morgan fingerprint density at radius 2 is 2.00 bits per heavy atom. The van der Waals surface area contributed by atoms with Crippen LogP contribution in [0, 0.1) is 12.7 Å². The van der Waals surface area contributed by atoms with Crippen LogP contribution in [0.2, 0.25) is 0 Å². The number of aliphatic hydroxyl groups is 1. The molecular weight excluding hydrogens is 207 g/mol. The van der Waals surface area contributed by atoms with E-state index in [0.717, 1.165) is 5.56 Å². The molecule has 1 N–H and O–H groups in total. The Morgan fingerprint density at radius 3 is 2.56 bits per heavy atom. The van der Waals surface area contributed by atoms with Gasteiger partial charge >= 0.3 is 0 Å². The summed E-state index contributed by atoms with van der Waals surface area (Å²) in [5, 5.41) is 9.33. The SMILES string of the molecule is Cc1cc(-c2ccc(C(C)O)o2)ccc1F. The van der Waals surface area contributed by atoms with Crippen LogP contribution in [0.3, 0.4) is 0 Å². The number of hydrogen-bond donors (Lipinski definition) is 1. The normalized spacial score (nSPS) is 12.8. The summed E-state index contributed by atoms with van der Waals surface area (Å²) in [5.41, 5.74) is 1.39. The van der Waals surface area contributed by atoms with Crippen LogP contribution < -0.4 is 0 Å². The van der Waals surface area contributed by atoms with E-state index in [1.54, 1.807) is 38.1 Å². The second kappa shape index (κ2) is 4.10. The summed E-state index contributed by atoms with van der Waals surface area (Å²) in [6, 6.07) is 8.29. The van der Waals surface area contributed by atoms with Crippen molar-refractivity contribution in [3.63, 3.8) is 0 Å². The molecule has 2 nitrogen and oxygen atoms in total. The lowest BCUT2D eigenvalue weighted by atomic mass is 10.1. The van der Waals surface area contributed by atoms with Crippen molar-refractivity contribution in [3.8, 4) is 11.3 Å². The Morgan fingerprint density at radius 1 is 1.25 bits per heavy atom. The van der Waals surface area contributed by atoms with Gasteiger partial charge in [-0.2, -0.15) is 0 Å². The average molecular weight is 220 g/mol. The van der Waals surface area contributed by atoms with Crippen LogP contribution >= 0.6 is 0 Å². The van der Waals surface area contributed by atoms with Gasteiger partial charge in [-0.25, -0.2) is 4.39 Å². The number of furan rings is 1. The standard InChI is InChI=1S/C13H13FO2/c1-8-7-10(3-4-11(8)14)13-6-5-12(16-13)9(2)15/h3-7,9,15H,1-2H3. The van der Waals surface area contributed by atoms with Gasteiger partial charge in [0.15, 0.2) is 0 Å². The fourth-order valence-electron chi connectivity index (χ4n) is 1.53. The Labute approximate surface area is 93.3 Å². The minimum Gasteiger partial charge on any atom is -0.458 e. The lowest BCUT2D eigenvalue weighted by Crippen LogP contribution is -1.86. The summed E-state index contributed by atoms with van der Waals surface area (Å²) >= 11 is 0. The molecule has 1 heterocycles. The summed E-state index contributed by atoms with van der Waals surface area (Å²) in [7, 11) is 0. The number of halogens is 1. The molecule has 0 spiro atoms. The Kier molecular flexibility index (Phi) is 2.79. The predicted octanol–water partition coefficient (Wildman–Crippen LogP) is 3.45. The summed E-state index contributed by atoms with van der Waals surface area (Å²) in [5.74, 6) is 0.919. The molecule has 0 aliphatic carbocycles. The number of hydrogen-bond acceptors (Lipinski definition) is 2. The number of aryl methyl sites for hydroxylation is 1. The van der Waals surface area contributed by atoms with Gasteiger partial charge in [0.2, 0.25) is 0 Å². The lowest BCUT2D eigenvalue weighted by Gasteiger charge is -2.01. The van der Waals surface area contributed by atoms with E-state index < -0.39 is 6.10 Å². The molecule has 3 heteroatoms. The zero-order chi connectivity index (χ0) is 11.7. The van der Waals surface area contributed by atoms with Crippen LogP contribution in [0.1, 0.15) is 24.4 Å². The molecule has 1 aromatic heterocycles. The first-order chi connectivity index (χ1) is 7.58. The smallest absolute Gasteiger partial charge is 0.134 e. The van der Waals surface area contributed by atoms with Crippen LogP contribution in [0.4, 0.5) is 4.39 Å². The minimum absolute atomic E-state index is 0.231. The second-order valence-corrected chi connectivity index (χ2v) is 3.84. The third kappa shape index (κ3) is 1.99. The summed E-state index contributed by atoms with van der Waals surface area (Å²) in [6.45, 7) is 3.34. The maximum atomic E-state index is 13.1. The van der Waals surface area contributed by atoms with Gasteiger partial charge in [0, 0.05) is 5.56 Å². The van der Waals surface area contributed by atoms with E-state index in [2.05, 4.69) is 0 Å². The highest BCUT2D eigenvalue weighted by atomic mass is 19.1. The Hall–Kier alpha value is -1.61. The van der Waals surface area contributed by atoms with Gasteiger partial charge in [0.05, 0.1) is 0 Å². The minimum atomic E-state index is -0.629. The zero-order valence-corrected chi connectivity index (χ0v) is 9.20. The van der Waals surface area contributed by atoms with Crippen molar-refractivity contribution in [1.82, 2.24) is 0 Å². The van der Waals surface area contributed by atoms with E-state index in [9.17, 15) is 9.50 Å². The molecule has 2 aromatic rings. The monoisotopic (exact) mass is 220 g/mol. The van der Waals surface area contributed by atoms with E-state index >= 15 is 0 Å². The molecule has 1 aromatic carbocycles. The molecule has 0 amide bonds. The Balaban J connectivity index is 2.39. The molecule has 1 atom stereocenters. The predicted molar refractivity (Wildman–Crippen MR) is 59.5 cm³/mol. The second-order valence-electron chi connectivity index (χ2n) is 3.84. The lowest BCUT2D eigenvalue weighted by molar-refractivity contribution is 0.170. The van der Waals surface area contributed by atoms with Crippen LogP contribution in [-0.2, 0) is 0 Å². The maximum absolute atomic E-state index is 13.1. The first kappa shape index (κ1) is 10.9. The van der Waals surface area contributed by atoms with Gasteiger partial charge in [0.1, 0.15) is 23.4 Å². The van der Waals surface area contributed by atoms with E-state index in [-0.39, 0.29) is 5.82 Å². The summed E-state index contributed by atoms with van der Waals surface area (Å²) < 4.78 is 18.5. The molecule has 0 aliphatic heterocycles. The largest absolute Gasteiger partial charge is 0.458 e. The molecule has 2 rings (SSSR count). The molecule has 0 saturated heterocycles. The van der Waals surface area contributed by atoms with Crippen molar-refractivity contribution in [1.29, 1.82) is 0 Å². The molecule has 0 bridgehead atoms. The molecule has 84 valence electrons. The van der Waals surface area contributed by atoms with Crippen LogP contribution in [0.15, 0.2) is 34.7 Å². The van der Waals surface area contributed by atoms with E-state index in [1.165, 1.54) is 6.07 Å². The molecular formula is C13H13FO2. The van der Waals surface area contributed by atoms with Crippen molar-refractivity contribution in [2.45, 2.75) is 20.0 Å². The van der Waals surface area contributed by atoms with Gasteiger partial charge in [0.25, 0.3) is 0 Å². The number of benzene rings is 1. The zero-order valence-electron chi connectivity index (χ0n) is 9.20. The van der Waals surface area contributed by atoms with E-state index in [1.807, 2.05) is 0 Å². The van der Waals surface area contributed by atoms with Gasteiger partial charge < -0.3 is 9.52 Å². The van der Waals surface area contributed by atoms with Crippen molar-refractivity contribution < 1.29 is 13.9 Å². The molecule has 0 saturated carbocycles. The molecule has 0 fully saturated rings. The van der Waals surface area contributed by atoms with Gasteiger partial charge in [-0.05, 0) is 49.7 Å². The highest BCUT2D eigenvalue weighted by Gasteiger charge is 2.09. The molecule has 1 unspecified atom stereocenters. The molecule has 0 aliphatic rings. The third-order valence-electron chi connectivity index (χ3n) is 2.48. The topological polar surface area (TPSA) is 33.4 Å². The van der Waals surface area contributed by atoms with Gasteiger partial charge in [-0.1, -0.05) is 0 Å². The van der Waals surface area contributed by atoms with Crippen molar-refractivity contribution in [2.24, 2.45) is 0 Å². The maximum Gasteiger partial charge on any atom is 0.134 e. The van der Waals surface area contributed by atoms with E-state index in [4.69, 9.17) is 4.42 Å². The van der Waals surface area contributed by atoms with Gasteiger partial charge in [-0.3, -0.25) is 0 Å².